The van der Waals surface area contributed by atoms with Crippen LogP contribution in [0.5, 0.6) is 11.5 Å². The summed E-state index contributed by atoms with van der Waals surface area (Å²) in [7, 11) is 0. The molecule has 0 bridgehead atoms. The van der Waals surface area contributed by atoms with E-state index in [1.165, 1.54) is 0 Å². The molecule has 0 saturated carbocycles. The Labute approximate surface area is 198 Å². The fraction of sp³-hybridized carbons (Fsp3) is 0.308. The number of nitrogens with zero attached hydrogens (tertiary/aromatic N) is 4. The molecule has 3 aromatic rings. The fourth-order valence-electron chi connectivity index (χ4n) is 3.86. The number of para-hydroxylation sites is 1. The highest BCUT2D eigenvalue weighted by Gasteiger charge is 2.18. The van der Waals surface area contributed by atoms with Crippen LogP contribution in [0, 0.1) is 11.3 Å². The molecule has 2 aromatic carbocycles. The summed E-state index contributed by atoms with van der Waals surface area (Å²) < 4.78 is 13.5. The lowest BCUT2D eigenvalue weighted by Gasteiger charge is -2.13. The van der Waals surface area contributed by atoms with Crippen LogP contribution in [0.25, 0.3) is 11.6 Å². The van der Waals surface area contributed by atoms with Gasteiger partial charge in [0.1, 0.15) is 11.9 Å². The Balaban J connectivity index is 1.51. The second-order valence-electron chi connectivity index (χ2n) is 7.91. The molecule has 1 N–H and O–H groups in total. The van der Waals surface area contributed by atoms with E-state index in [0.717, 1.165) is 43.6 Å². The number of aromatic nitrogens is 3. The van der Waals surface area contributed by atoms with Crippen LogP contribution in [0.3, 0.4) is 0 Å². The molecule has 8 heteroatoms. The molecule has 1 aromatic heterocycles. The summed E-state index contributed by atoms with van der Waals surface area (Å²) in [6.45, 7) is 2.97. The Morgan fingerprint density at radius 3 is 2.76 bits per heavy atom. The van der Waals surface area contributed by atoms with Gasteiger partial charge in [0.2, 0.25) is 0 Å². The SMILES string of the molecule is CCOc1cc(/C=C(\C#N)c2nnc3n2CCCCC3)ccc1OCC(=O)Nc1ccccc1. The van der Waals surface area contributed by atoms with E-state index in [1.807, 2.05) is 47.9 Å². The molecule has 1 amide bonds. The standard InChI is InChI=1S/C26H27N5O3/c1-2-33-23-16-19(12-13-22(23)34-18-25(32)28-21-9-5-3-6-10-21)15-20(17-27)26-30-29-24-11-7-4-8-14-31(24)26/h3,5-6,9-10,12-13,15-16H,2,4,7-8,11,14,18H2,1H3,(H,28,32)/b20-15+. The van der Waals surface area contributed by atoms with Crippen LogP contribution in [-0.4, -0.2) is 33.9 Å². The van der Waals surface area contributed by atoms with Crippen molar-refractivity contribution in [2.45, 2.75) is 39.2 Å². The van der Waals surface area contributed by atoms with Crippen molar-refractivity contribution in [1.82, 2.24) is 14.8 Å². The number of hydrogen-bond acceptors (Lipinski definition) is 6. The van der Waals surface area contributed by atoms with Crippen molar-refractivity contribution in [1.29, 1.82) is 5.26 Å². The highest BCUT2D eigenvalue weighted by Crippen LogP contribution is 2.30. The van der Waals surface area contributed by atoms with Crippen molar-refractivity contribution in [2.75, 3.05) is 18.5 Å². The third kappa shape index (κ3) is 5.62. The smallest absolute Gasteiger partial charge is 0.262 e. The second kappa shape index (κ2) is 11.1. The van der Waals surface area contributed by atoms with Gasteiger partial charge in [-0.2, -0.15) is 5.26 Å². The first-order chi connectivity index (χ1) is 16.7. The molecule has 1 aliphatic rings. The van der Waals surface area contributed by atoms with Crippen molar-refractivity contribution < 1.29 is 14.3 Å². The van der Waals surface area contributed by atoms with E-state index in [2.05, 4.69) is 21.6 Å². The van der Waals surface area contributed by atoms with E-state index in [-0.39, 0.29) is 12.5 Å². The molecule has 8 nitrogen and oxygen atoms in total. The first-order valence-electron chi connectivity index (χ1n) is 11.5. The number of carbonyl (C=O) groups excluding carboxylic acids is 1. The summed E-state index contributed by atoms with van der Waals surface area (Å²) in [6.07, 6.45) is 5.94. The first-order valence-corrected chi connectivity index (χ1v) is 11.5. The molecule has 0 spiro atoms. The number of aryl methyl sites for hydroxylation is 1. The number of rotatable bonds is 8. The van der Waals surface area contributed by atoms with Crippen molar-refractivity contribution >= 4 is 23.2 Å². The lowest BCUT2D eigenvalue weighted by Crippen LogP contribution is -2.20. The van der Waals surface area contributed by atoms with Crippen LogP contribution in [-0.2, 0) is 17.8 Å². The van der Waals surface area contributed by atoms with E-state index in [4.69, 9.17) is 9.47 Å². The lowest BCUT2D eigenvalue weighted by molar-refractivity contribution is -0.118. The van der Waals surface area contributed by atoms with E-state index in [0.29, 0.717) is 35.2 Å². The molecule has 2 heterocycles. The maximum atomic E-state index is 12.2. The average Bonchev–Trinajstić information content (AvgIpc) is 3.10. The van der Waals surface area contributed by atoms with Crippen LogP contribution < -0.4 is 14.8 Å². The van der Waals surface area contributed by atoms with Crippen molar-refractivity contribution in [2.24, 2.45) is 0 Å². The van der Waals surface area contributed by atoms with Crippen LogP contribution in [0.2, 0.25) is 0 Å². The number of nitrogens with one attached hydrogen (secondary N) is 1. The molecule has 0 unspecified atom stereocenters. The topological polar surface area (TPSA) is 102 Å². The van der Waals surface area contributed by atoms with Gasteiger partial charge in [-0.05, 0) is 55.7 Å². The largest absolute Gasteiger partial charge is 0.490 e. The molecule has 0 fully saturated rings. The minimum Gasteiger partial charge on any atom is -0.490 e. The lowest BCUT2D eigenvalue weighted by atomic mass is 10.1. The number of nitriles is 1. The maximum Gasteiger partial charge on any atom is 0.262 e. The number of amides is 1. The molecule has 0 aliphatic carbocycles. The zero-order valence-electron chi connectivity index (χ0n) is 19.2. The third-order valence-corrected chi connectivity index (χ3v) is 5.47. The normalized spacial score (nSPS) is 13.4. The maximum absolute atomic E-state index is 12.2. The molecule has 0 radical (unpaired) electrons. The summed E-state index contributed by atoms with van der Waals surface area (Å²) in [5, 5.41) is 21.2. The Hall–Kier alpha value is -4.12. The first kappa shape index (κ1) is 23.1. The summed E-state index contributed by atoms with van der Waals surface area (Å²) in [5.41, 5.74) is 1.92. The molecule has 4 rings (SSSR count). The van der Waals surface area contributed by atoms with Gasteiger partial charge in [0.05, 0.1) is 12.2 Å². The highest BCUT2D eigenvalue weighted by atomic mass is 16.5. The number of fused-ring (bicyclic) bond motifs is 1. The van der Waals surface area contributed by atoms with Crippen LogP contribution in [0.15, 0.2) is 48.5 Å². The third-order valence-electron chi connectivity index (χ3n) is 5.47. The molecule has 0 atom stereocenters. The quantitative estimate of drug-likeness (QED) is 0.500. The van der Waals surface area contributed by atoms with Gasteiger partial charge in [0, 0.05) is 18.7 Å². The predicted molar refractivity (Wildman–Crippen MR) is 129 cm³/mol. The zero-order valence-corrected chi connectivity index (χ0v) is 19.2. The highest BCUT2D eigenvalue weighted by molar-refractivity contribution is 5.92. The summed E-state index contributed by atoms with van der Waals surface area (Å²) in [4.78, 5) is 12.2. The Morgan fingerprint density at radius 1 is 1.12 bits per heavy atom. The fourth-order valence-corrected chi connectivity index (χ4v) is 3.86. The minimum atomic E-state index is -0.267. The summed E-state index contributed by atoms with van der Waals surface area (Å²) in [5.74, 6) is 2.21. The van der Waals surface area contributed by atoms with Crippen molar-refractivity contribution in [3.8, 4) is 17.6 Å². The van der Waals surface area contributed by atoms with Crippen LogP contribution in [0.4, 0.5) is 5.69 Å². The van der Waals surface area contributed by atoms with Crippen LogP contribution >= 0.6 is 0 Å². The summed E-state index contributed by atoms with van der Waals surface area (Å²) in [6, 6.07) is 16.8. The van der Waals surface area contributed by atoms with E-state index >= 15 is 0 Å². The Kier molecular flexibility index (Phi) is 7.56. The van der Waals surface area contributed by atoms with E-state index < -0.39 is 0 Å². The van der Waals surface area contributed by atoms with Crippen LogP contribution in [0.1, 0.15) is 43.4 Å². The second-order valence-corrected chi connectivity index (χ2v) is 7.91. The van der Waals surface area contributed by atoms with Gasteiger partial charge in [0.15, 0.2) is 23.9 Å². The number of ether oxygens (including phenoxy) is 2. The number of allylic oxidation sites excluding steroid dienone is 1. The van der Waals surface area contributed by atoms with Gasteiger partial charge >= 0.3 is 0 Å². The molecule has 174 valence electrons. The van der Waals surface area contributed by atoms with Crippen molar-refractivity contribution in [3.63, 3.8) is 0 Å². The molecule has 0 saturated heterocycles. The Bertz CT molecular complexity index is 1210. The molecular weight excluding hydrogens is 430 g/mol. The van der Waals surface area contributed by atoms with Gasteiger partial charge < -0.3 is 19.4 Å². The van der Waals surface area contributed by atoms with Gasteiger partial charge in [0.25, 0.3) is 5.91 Å². The van der Waals surface area contributed by atoms with Gasteiger partial charge in [-0.1, -0.05) is 30.7 Å². The minimum absolute atomic E-state index is 0.153. The number of carbonyl (C=O) groups is 1. The predicted octanol–water partition coefficient (Wildman–Crippen LogP) is 4.48. The number of hydrogen-bond donors (Lipinski definition) is 1. The Morgan fingerprint density at radius 2 is 1.97 bits per heavy atom. The molecular formula is C26H27N5O3. The van der Waals surface area contributed by atoms with Crippen molar-refractivity contribution in [3.05, 3.63) is 65.7 Å². The number of benzene rings is 2. The summed E-state index contributed by atoms with van der Waals surface area (Å²) >= 11 is 0. The van der Waals surface area contributed by atoms with E-state index in [9.17, 15) is 10.1 Å². The van der Waals surface area contributed by atoms with Gasteiger partial charge in [-0.3, -0.25) is 4.79 Å². The zero-order chi connectivity index (χ0) is 23.8. The van der Waals surface area contributed by atoms with Gasteiger partial charge in [-0.25, -0.2) is 0 Å². The number of anilines is 1. The monoisotopic (exact) mass is 457 g/mol. The molecule has 1 aliphatic heterocycles. The van der Waals surface area contributed by atoms with Gasteiger partial charge in [-0.15, -0.1) is 10.2 Å². The molecule has 34 heavy (non-hydrogen) atoms. The van der Waals surface area contributed by atoms with E-state index in [1.54, 1.807) is 18.2 Å². The average molecular weight is 458 g/mol.